The van der Waals surface area contributed by atoms with Gasteiger partial charge < -0.3 is 9.88 Å². The third kappa shape index (κ3) is 4.20. The summed E-state index contributed by atoms with van der Waals surface area (Å²) in [4.78, 5) is 26.1. The number of halogens is 1. The fourth-order valence-corrected chi connectivity index (χ4v) is 4.38. The number of hydrogen-bond acceptors (Lipinski definition) is 3. The summed E-state index contributed by atoms with van der Waals surface area (Å²) >= 11 is 6.17. The van der Waals surface area contributed by atoms with E-state index in [2.05, 4.69) is 34.7 Å². The summed E-state index contributed by atoms with van der Waals surface area (Å²) < 4.78 is 3.23. The predicted octanol–water partition coefficient (Wildman–Crippen LogP) is 4.68. The van der Waals surface area contributed by atoms with Gasteiger partial charge in [0.15, 0.2) is 0 Å². The van der Waals surface area contributed by atoms with Crippen molar-refractivity contribution in [2.24, 2.45) is 0 Å². The van der Waals surface area contributed by atoms with Gasteiger partial charge in [-0.05, 0) is 30.2 Å². The number of fused-ring (bicyclic) bond motifs is 3. The number of benzene rings is 3. The van der Waals surface area contributed by atoms with Gasteiger partial charge in [0.1, 0.15) is 12.1 Å². The zero-order valence-corrected chi connectivity index (χ0v) is 19.4. The second-order valence-electron chi connectivity index (χ2n) is 8.33. The van der Waals surface area contributed by atoms with Gasteiger partial charge >= 0.3 is 0 Å². The minimum Gasteiger partial charge on any atom is -0.350 e. The largest absolute Gasteiger partial charge is 0.350 e. The average molecular weight is 471 g/mol. The van der Waals surface area contributed by atoms with Crippen LogP contribution in [0.5, 0.6) is 0 Å². The molecule has 6 nitrogen and oxygen atoms in total. The van der Waals surface area contributed by atoms with Crippen molar-refractivity contribution >= 4 is 39.3 Å². The zero-order chi connectivity index (χ0) is 23.7. The molecule has 0 fully saturated rings. The lowest BCUT2D eigenvalue weighted by Gasteiger charge is -2.10. The molecule has 0 bridgehead atoms. The minimum atomic E-state index is -0.310. The van der Waals surface area contributed by atoms with E-state index in [1.165, 1.54) is 10.2 Å². The van der Waals surface area contributed by atoms with Crippen LogP contribution in [0.4, 0.5) is 0 Å². The topological polar surface area (TPSA) is 68.9 Å². The Hall–Kier alpha value is -3.90. The van der Waals surface area contributed by atoms with Crippen LogP contribution in [0.25, 0.3) is 21.8 Å². The molecule has 0 spiro atoms. The highest BCUT2D eigenvalue weighted by molar-refractivity contribution is 6.31. The van der Waals surface area contributed by atoms with Crippen LogP contribution in [-0.2, 0) is 24.4 Å². The fraction of sp³-hybridized carbons (Fsp3) is 0.148. The molecule has 2 heterocycles. The monoisotopic (exact) mass is 470 g/mol. The molecular weight excluding hydrogens is 448 g/mol. The summed E-state index contributed by atoms with van der Waals surface area (Å²) in [7, 11) is 0. The average Bonchev–Trinajstić information content (AvgIpc) is 3.16. The smallest absolute Gasteiger partial charge is 0.291 e. The molecule has 1 N–H and O–H groups in total. The Balaban J connectivity index is 1.49. The maximum Gasteiger partial charge on any atom is 0.291 e. The van der Waals surface area contributed by atoms with Crippen molar-refractivity contribution in [2.75, 3.05) is 0 Å². The molecule has 5 aromatic rings. The Morgan fingerprint density at radius 2 is 1.71 bits per heavy atom. The molecule has 7 heteroatoms. The number of aromatic nitrogens is 3. The van der Waals surface area contributed by atoms with Crippen LogP contribution in [-0.4, -0.2) is 20.3 Å². The van der Waals surface area contributed by atoms with Crippen molar-refractivity contribution in [3.05, 3.63) is 111 Å². The third-order valence-electron chi connectivity index (χ3n) is 5.96. The summed E-state index contributed by atoms with van der Waals surface area (Å²) in [6.45, 7) is 2.70. The second kappa shape index (κ2) is 9.15. The van der Waals surface area contributed by atoms with E-state index in [4.69, 9.17) is 11.6 Å². The lowest BCUT2D eigenvalue weighted by Crippen LogP contribution is -2.33. The summed E-state index contributed by atoms with van der Waals surface area (Å²) in [5.74, 6) is -0.310. The number of nitrogens with zero attached hydrogens (tertiary/aromatic N) is 3. The lowest BCUT2D eigenvalue weighted by atomic mass is 10.1. The number of carbonyl (C=O) groups excluding carboxylic acids is 1. The van der Waals surface area contributed by atoms with Crippen LogP contribution in [0.3, 0.4) is 0 Å². The van der Waals surface area contributed by atoms with E-state index in [9.17, 15) is 9.59 Å². The standard InChI is InChI=1S/C27H23ClN4O2/c1-18-10-12-19(13-11-18)16-31-24-9-5-3-7-21(24)22-15-30-32(27(34)26(22)31)17-25(33)29-14-20-6-2-4-8-23(20)28/h2-13,15H,14,16-17H2,1H3,(H,29,33). The van der Waals surface area contributed by atoms with E-state index >= 15 is 0 Å². The van der Waals surface area contributed by atoms with E-state index in [-0.39, 0.29) is 24.6 Å². The van der Waals surface area contributed by atoms with Gasteiger partial charge in [0.05, 0.1) is 6.20 Å². The molecule has 1 amide bonds. The molecule has 5 rings (SSSR count). The molecule has 2 aromatic heterocycles. The maximum absolute atomic E-state index is 13.5. The molecule has 34 heavy (non-hydrogen) atoms. The molecule has 0 saturated carbocycles. The Morgan fingerprint density at radius 3 is 2.50 bits per heavy atom. The molecule has 0 aliphatic carbocycles. The number of rotatable bonds is 6. The summed E-state index contributed by atoms with van der Waals surface area (Å²) in [5.41, 5.74) is 4.28. The summed E-state index contributed by atoms with van der Waals surface area (Å²) in [6.07, 6.45) is 1.67. The first kappa shape index (κ1) is 21.9. The third-order valence-corrected chi connectivity index (χ3v) is 6.33. The van der Waals surface area contributed by atoms with Crippen molar-refractivity contribution in [1.82, 2.24) is 19.7 Å². The number of nitrogens with one attached hydrogen (secondary N) is 1. The second-order valence-corrected chi connectivity index (χ2v) is 8.73. The van der Waals surface area contributed by atoms with Gasteiger partial charge in [0.2, 0.25) is 5.91 Å². The number of aryl methyl sites for hydroxylation is 1. The zero-order valence-electron chi connectivity index (χ0n) is 18.7. The maximum atomic E-state index is 13.5. The van der Waals surface area contributed by atoms with E-state index in [0.29, 0.717) is 17.1 Å². The van der Waals surface area contributed by atoms with Gasteiger partial charge in [-0.1, -0.05) is 77.8 Å². The minimum absolute atomic E-state index is 0.175. The number of amides is 1. The first-order valence-corrected chi connectivity index (χ1v) is 11.4. The van der Waals surface area contributed by atoms with Gasteiger partial charge in [0.25, 0.3) is 5.56 Å². The predicted molar refractivity (Wildman–Crippen MR) is 135 cm³/mol. The highest BCUT2D eigenvalue weighted by atomic mass is 35.5. The highest BCUT2D eigenvalue weighted by Gasteiger charge is 2.17. The molecule has 0 radical (unpaired) electrons. The van der Waals surface area contributed by atoms with E-state index in [1.807, 2.05) is 54.0 Å². The van der Waals surface area contributed by atoms with Gasteiger partial charge in [-0.25, -0.2) is 4.68 Å². The van der Waals surface area contributed by atoms with Crippen LogP contribution in [0.1, 0.15) is 16.7 Å². The van der Waals surface area contributed by atoms with Gasteiger partial charge in [-0.3, -0.25) is 9.59 Å². The van der Waals surface area contributed by atoms with Crippen LogP contribution in [0.2, 0.25) is 5.02 Å². The fourth-order valence-electron chi connectivity index (χ4n) is 4.17. The molecule has 170 valence electrons. The van der Waals surface area contributed by atoms with Crippen LogP contribution >= 0.6 is 11.6 Å². The Labute approximate surface area is 201 Å². The van der Waals surface area contributed by atoms with Gasteiger partial charge in [-0.2, -0.15) is 5.10 Å². The van der Waals surface area contributed by atoms with Crippen LogP contribution in [0.15, 0.2) is 83.8 Å². The quantitative estimate of drug-likeness (QED) is 0.392. The van der Waals surface area contributed by atoms with Crippen molar-refractivity contribution in [1.29, 1.82) is 0 Å². The number of para-hydroxylation sites is 1. The van der Waals surface area contributed by atoms with Gasteiger partial charge in [-0.15, -0.1) is 0 Å². The molecule has 3 aromatic carbocycles. The van der Waals surface area contributed by atoms with Gasteiger partial charge in [0, 0.05) is 34.4 Å². The molecule has 0 saturated heterocycles. The van der Waals surface area contributed by atoms with E-state index in [1.54, 1.807) is 12.3 Å². The SMILES string of the molecule is Cc1ccc(Cn2c3ccccc3c3cnn(CC(=O)NCc4ccccc4Cl)c(=O)c32)cc1. The molecule has 0 unspecified atom stereocenters. The molecule has 0 atom stereocenters. The Bertz CT molecular complexity index is 1570. The van der Waals surface area contributed by atoms with Crippen LogP contribution < -0.4 is 10.9 Å². The lowest BCUT2D eigenvalue weighted by molar-refractivity contribution is -0.122. The highest BCUT2D eigenvalue weighted by Crippen LogP contribution is 2.27. The Kier molecular flexibility index (Phi) is 5.90. The molecule has 0 aliphatic heterocycles. The first-order valence-electron chi connectivity index (χ1n) is 11.0. The number of hydrogen-bond donors (Lipinski definition) is 1. The Morgan fingerprint density at radius 1 is 0.971 bits per heavy atom. The number of carbonyl (C=O) groups is 1. The normalized spacial score (nSPS) is 11.2. The van der Waals surface area contributed by atoms with E-state index < -0.39 is 0 Å². The van der Waals surface area contributed by atoms with Crippen molar-refractivity contribution < 1.29 is 4.79 Å². The summed E-state index contributed by atoms with van der Waals surface area (Å²) in [5, 5.41) is 9.45. The first-order chi connectivity index (χ1) is 16.5. The van der Waals surface area contributed by atoms with E-state index in [0.717, 1.165) is 27.4 Å². The van der Waals surface area contributed by atoms with Crippen molar-refractivity contribution in [3.8, 4) is 0 Å². The van der Waals surface area contributed by atoms with Crippen LogP contribution in [0, 0.1) is 6.92 Å². The molecule has 0 aliphatic rings. The summed E-state index contributed by atoms with van der Waals surface area (Å²) in [6, 6.07) is 23.5. The molecular formula is C27H23ClN4O2. The van der Waals surface area contributed by atoms with Crippen molar-refractivity contribution in [3.63, 3.8) is 0 Å². The van der Waals surface area contributed by atoms with Crippen molar-refractivity contribution in [2.45, 2.75) is 26.6 Å².